The molecule has 1 N–H and O–H groups in total. The maximum atomic E-state index is 12.4. The van der Waals surface area contributed by atoms with E-state index in [1.165, 1.54) is 0 Å². The highest BCUT2D eigenvalue weighted by atomic mass is 32.2. The molecule has 4 nitrogen and oxygen atoms in total. The van der Waals surface area contributed by atoms with Gasteiger partial charge in [-0.05, 0) is 20.3 Å². The summed E-state index contributed by atoms with van der Waals surface area (Å²) in [5, 5.41) is 7.48. The molecule has 1 aliphatic heterocycles. The summed E-state index contributed by atoms with van der Waals surface area (Å²) in [4.78, 5) is 14.4. The summed E-state index contributed by atoms with van der Waals surface area (Å²) in [6.07, 6.45) is 2.71. The van der Waals surface area contributed by atoms with Crippen molar-refractivity contribution in [3.8, 4) is 0 Å². The molecule has 1 aliphatic rings. The second-order valence-electron chi connectivity index (χ2n) is 4.79. The zero-order valence-electron chi connectivity index (χ0n) is 11.3. The van der Waals surface area contributed by atoms with Gasteiger partial charge in [0.25, 0.3) is 0 Å². The zero-order valence-corrected chi connectivity index (χ0v) is 12.1. The van der Waals surface area contributed by atoms with Crippen LogP contribution < -0.4 is 0 Å². The van der Waals surface area contributed by atoms with E-state index in [4.69, 9.17) is 0 Å². The van der Waals surface area contributed by atoms with Crippen molar-refractivity contribution in [1.29, 1.82) is 0 Å². The lowest BCUT2D eigenvalue weighted by Gasteiger charge is -2.23. The van der Waals surface area contributed by atoms with E-state index in [9.17, 15) is 4.79 Å². The highest BCUT2D eigenvalue weighted by Crippen LogP contribution is 2.28. The molecule has 18 heavy (non-hydrogen) atoms. The first-order valence-electron chi connectivity index (χ1n) is 6.55. The molecule has 2 rings (SSSR count). The van der Waals surface area contributed by atoms with Crippen LogP contribution in [0.2, 0.25) is 0 Å². The van der Waals surface area contributed by atoms with E-state index in [0.717, 1.165) is 42.1 Å². The molecule has 1 amide bonds. The number of nitrogens with one attached hydrogen (secondary N) is 1. The molecule has 100 valence electrons. The molecule has 0 saturated carbocycles. The monoisotopic (exact) mass is 267 g/mol. The Kier molecular flexibility index (Phi) is 4.32. The summed E-state index contributed by atoms with van der Waals surface area (Å²) in [6.45, 7) is 7.00. The smallest absolute Gasteiger partial charge is 0.228 e. The molecule has 0 spiro atoms. The summed E-state index contributed by atoms with van der Waals surface area (Å²) in [6, 6.07) is 0. The van der Waals surface area contributed by atoms with Crippen molar-refractivity contribution >= 4 is 17.7 Å². The molecule has 1 aromatic rings. The van der Waals surface area contributed by atoms with Gasteiger partial charge in [0, 0.05) is 23.6 Å². The van der Waals surface area contributed by atoms with Crippen molar-refractivity contribution in [2.24, 2.45) is 0 Å². The second kappa shape index (κ2) is 5.78. The highest BCUT2D eigenvalue weighted by Gasteiger charge is 2.29. The van der Waals surface area contributed by atoms with E-state index >= 15 is 0 Å². The molecule has 0 aliphatic carbocycles. The van der Waals surface area contributed by atoms with Gasteiger partial charge in [-0.25, -0.2) is 0 Å². The van der Waals surface area contributed by atoms with Crippen LogP contribution in [0.25, 0.3) is 0 Å². The number of rotatable bonds is 4. The number of hydrogen-bond acceptors (Lipinski definition) is 3. The van der Waals surface area contributed by atoms with Gasteiger partial charge in [-0.15, -0.1) is 11.8 Å². The van der Waals surface area contributed by atoms with Crippen LogP contribution in [0.4, 0.5) is 0 Å². The lowest BCUT2D eigenvalue weighted by molar-refractivity contribution is -0.130. The summed E-state index contributed by atoms with van der Waals surface area (Å²) in [5.41, 5.74) is 3.02. The third-order valence-corrected chi connectivity index (χ3v) is 4.75. The molecule has 0 unspecified atom stereocenters. The molecule has 1 aromatic heterocycles. The van der Waals surface area contributed by atoms with Gasteiger partial charge in [-0.3, -0.25) is 9.89 Å². The minimum Gasteiger partial charge on any atom is -0.330 e. The fourth-order valence-corrected chi connectivity index (χ4v) is 3.76. The maximum absolute atomic E-state index is 12.4. The number of carbonyl (C=O) groups is 1. The SMILES string of the molecule is CCC[C@@H]1SCCN1C(=O)Cc1c(C)n[nH]c1C. The normalized spacial score (nSPS) is 19.5. The van der Waals surface area contributed by atoms with Crippen LogP contribution in [0, 0.1) is 13.8 Å². The molecule has 5 heteroatoms. The third kappa shape index (κ3) is 2.71. The molecule has 0 bridgehead atoms. The Balaban J connectivity index is 2.03. The van der Waals surface area contributed by atoms with Crippen LogP contribution in [0.3, 0.4) is 0 Å². The predicted molar refractivity (Wildman–Crippen MR) is 74.6 cm³/mol. The number of hydrogen-bond donors (Lipinski definition) is 1. The number of carbonyl (C=O) groups excluding carboxylic acids is 1. The molecule has 1 saturated heterocycles. The number of nitrogens with zero attached hydrogens (tertiary/aromatic N) is 2. The quantitative estimate of drug-likeness (QED) is 0.910. The molecule has 2 heterocycles. The van der Waals surface area contributed by atoms with Crippen LogP contribution in [0.15, 0.2) is 0 Å². The highest BCUT2D eigenvalue weighted by molar-refractivity contribution is 8.00. The Bertz CT molecular complexity index is 410. The zero-order chi connectivity index (χ0) is 13.1. The predicted octanol–water partition coefficient (Wildman–Crippen LogP) is 2.27. The largest absolute Gasteiger partial charge is 0.330 e. The molecule has 0 radical (unpaired) electrons. The molecule has 1 atom stereocenters. The van der Waals surface area contributed by atoms with Gasteiger partial charge in [0.1, 0.15) is 0 Å². The topological polar surface area (TPSA) is 49.0 Å². The van der Waals surface area contributed by atoms with Crippen molar-refractivity contribution in [1.82, 2.24) is 15.1 Å². The summed E-state index contributed by atoms with van der Waals surface area (Å²) in [5.74, 6) is 1.31. The van der Waals surface area contributed by atoms with Crippen LogP contribution in [0.1, 0.15) is 36.7 Å². The fourth-order valence-electron chi connectivity index (χ4n) is 2.38. The van der Waals surface area contributed by atoms with Crippen LogP contribution in [0.5, 0.6) is 0 Å². The van der Waals surface area contributed by atoms with Crippen LogP contribution in [-0.4, -0.2) is 38.7 Å². The Labute approximate surface area is 113 Å². The average Bonchev–Trinajstić information content (AvgIpc) is 2.91. The molecule has 1 fully saturated rings. The van der Waals surface area contributed by atoms with Gasteiger partial charge in [0.05, 0.1) is 17.5 Å². The second-order valence-corrected chi connectivity index (χ2v) is 6.08. The minimum atomic E-state index is 0.242. The van der Waals surface area contributed by atoms with Gasteiger partial charge in [0.15, 0.2) is 0 Å². The van der Waals surface area contributed by atoms with Crippen molar-refractivity contribution in [3.05, 3.63) is 17.0 Å². The number of H-pyrrole nitrogens is 1. The van der Waals surface area contributed by atoms with Gasteiger partial charge < -0.3 is 4.90 Å². The van der Waals surface area contributed by atoms with Crippen molar-refractivity contribution in [2.45, 2.75) is 45.4 Å². The Hall–Kier alpha value is -0.970. The Morgan fingerprint density at radius 3 is 2.94 bits per heavy atom. The van der Waals surface area contributed by atoms with E-state index in [2.05, 4.69) is 17.1 Å². The molecule has 0 aromatic carbocycles. The van der Waals surface area contributed by atoms with Crippen LogP contribution in [-0.2, 0) is 11.2 Å². The maximum Gasteiger partial charge on any atom is 0.228 e. The lowest BCUT2D eigenvalue weighted by atomic mass is 10.1. The van der Waals surface area contributed by atoms with E-state index in [1.807, 2.05) is 30.5 Å². The molecular weight excluding hydrogens is 246 g/mol. The molecular formula is C13H21N3OS. The van der Waals surface area contributed by atoms with E-state index in [0.29, 0.717) is 11.8 Å². The number of amides is 1. The number of aromatic amines is 1. The van der Waals surface area contributed by atoms with Crippen molar-refractivity contribution in [2.75, 3.05) is 12.3 Å². The fraction of sp³-hybridized carbons (Fsp3) is 0.692. The summed E-state index contributed by atoms with van der Waals surface area (Å²) in [7, 11) is 0. The lowest BCUT2D eigenvalue weighted by Crippen LogP contribution is -2.36. The average molecular weight is 267 g/mol. The first kappa shape index (κ1) is 13.5. The van der Waals surface area contributed by atoms with Crippen molar-refractivity contribution < 1.29 is 4.79 Å². The van der Waals surface area contributed by atoms with Crippen LogP contribution >= 0.6 is 11.8 Å². The van der Waals surface area contributed by atoms with Gasteiger partial charge in [-0.1, -0.05) is 13.3 Å². The van der Waals surface area contributed by atoms with E-state index < -0.39 is 0 Å². The van der Waals surface area contributed by atoms with E-state index in [-0.39, 0.29) is 5.91 Å². The van der Waals surface area contributed by atoms with E-state index in [1.54, 1.807) is 0 Å². The standard InChI is InChI=1S/C13H21N3OS/c1-4-5-13-16(6-7-18-13)12(17)8-11-9(2)14-15-10(11)3/h13H,4-8H2,1-3H3,(H,14,15)/t13-/m0/s1. The number of aromatic nitrogens is 2. The first-order chi connectivity index (χ1) is 8.63. The van der Waals surface area contributed by atoms with Gasteiger partial charge in [0.2, 0.25) is 5.91 Å². The number of thioether (sulfide) groups is 1. The first-order valence-corrected chi connectivity index (χ1v) is 7.59. The Morgan fingerprint density at radius 2 is 2.33 bits per heavy atom. The summed E-state index contributed by atoms with van der Waals surface area (Å²) < 4.78 is 0. The number of aryl methyl sites for hydroxylation is 2. The van der Waals surface area contributed by atoms with Gasteiger partial charge >= 0.3 is 0 Å². The summed E-state index contributed by atoms with van der Waals surface area (Å²) >= 11 is 1.91. The van der Waals surface area contributed by atoms with Crippen molar-refractivity contribution in [3.63, 3.8) is 0 Å². The van der Waals surface area contributed by atoms with Gasteiger partial charge in [-0.2, -0.15) is 5.10 Å². The minimum absolute atomic E-state index is 0.242. The third-order valence-electron chi connectivity index (χ3n) is 3.45. The Morgan fingerprint density at radius 1 is 1.56 bits per heavy atom.